The Bertz CT molecular complexity index is 638. The number of hydrogen-bond donors (Lipinski definition) is 0. The number of benzene rings is 1. The van der Waals surface area contributed by atoms with E-state index >= 15 is 0 Å². The molecule has 1 atom stereocenters. The van der Waals surface area contributed by atoms with Gasteiger partial charge in [-0.05, 0) is 54.9 Å². The van der Waals surface area contributed by atoms with Crippen molar-refractivity contribution in [2.75, 3.05) is 20.2 Å². The monoisotopic (exact) mass is 325 g/mol. The average molecular weight is 325 g/mol. The molecule has 0 bridgehead atoms. The fourth-order valence-corrected chi connectivity index (χ4v) is 4.93. The molecule has 1 aliphatic rings. The summed E-state index contributed by atoms with van der Waals surface area (Å²) in [5.74, 6) is 1.40. The lowest BCUT2D eigenvalue weighted by molar-refractivity contribution is 0.281. The van der Waals surface area contributed by atoms with Crippen LogP contribution in [-0.2, 0) is 10.0 Å². The van der Waals surface area contributed by atoms with Crippen LogP contribution < -0.4 is 4.74 Å². The van der Waals surface area contributed by atoms with Gasteiger partial charge in [-0.25, -0.2) is 8.42 Å². The molecule has 1 aromatic carbocycles. The van der Waals surface area contributed by atoms with Crippen LogP contribution in [0.5, 0.6) is 5.75 Å². The van der Waals surface area contributed by atoms with Gasteiger partial charge in [-0.2, -0.15) is 4.31 Å². The second-order valence-corrected chi connectivity index (χ2v) is 8.53. The first-order valence-electron chi connectivity index (χ1n) is 7.96. The van der Waals surface area contributed by atoms with E-state index in [2.05, 4.69) is 6.92 Å². The van der Waals surface area contributed by atoms with Crippen LogP contribution in [0, 0.1) is 12.8 Å². The number of hydrogen-bond acceptors (Lipinski definition) is 3. The molecule has 2 rings (SSSR count). The highest BCUT2D eigenvalue weighted by atomic mass is 32.2. The molecule has 0 aliphatic carbocycles. The van der Waals surface area contributed by atoms with Crippen LogP contribution in [0.3, 0.4) is 0 Å². The highest BCUT2D eigenvalue weighted by molar-refractivity contribution is 7.89. The van der Waals surface area contributed by atoms with E-state index in [4.69, 9.17) is 4.74 Å². The Hall–Kier alpha value is -1.07. The van der Waals surface area contributed by atoms with Crippen LogP contribution in [0.15, 0.2) is 17.0 Å². The number of aryl methyl sites for hydroxylation is 1. The van der Waals surface area contributed by atoms with Gasteiger partial charge < -0.3 is 4.74 Å². The lowest BCUT2D eigenvalue weighted by Gasteiger charge is -2.30. The predicted octanol–water partition coefficient (Wildman–Crippen LogP) is 3.55. The summed E-state index contributed by atoms with van der Waals surface area (Å²) in [6.45, 7) is 9.29. The minimum atomic E-state index is -3.43. The summed E-state index contributed by atoms with van der Waals surface area (Å²) in [6.07, 6.45) is 2.04. The largest absolute Gasteiger partial charge is 0.496 e. The Labute approximate surface area is 134 Å². The number of methoxy groups -OCH3 is 1. The number of ether oxygens (including phenoxy) is 1. The van der Waals surface area contributed by atoms with E-state index in [1.165, 1.54) is 0 Å². The summed E-state index contributed by atoms with van der Waals surface area (Å²) in [5, 5.41) is 0. The first-order chi connectivity index (χ1) is 10.3. The lowest BCUT2D eigenvalue weighted by atomic mass is 10.0. The summed E-state index contributed by atoms with van der Waals surface area (Å²) >= 11 is 0. The van der Waals surface area contributed by atoms with Gasteiger partial charge in [0.15, 0.2) is 0 Å². The van der Waals surface area contributed by atoms with Crippen LogP contribution in [-0.4, -0.2) is 32.9 Å². The molecule has 22 heavy (non-hydrogen) atoms. The molecule has 1 saturated heterocycles. The first kappa shape index (κ1) is 17.3. The van der Waals surface area contributed by atoms with Gasteiger partial charge in [0.05, 0.1) is 12.0 Å². The van der Waals surface area contributed by atoms with Crippen molar-refractivity contribution in [3.05, 3.63) is 23.3 Å². The fraction of sp³-hybridized carbons (Fsp3) is 0.647. The first-order valence-corrected chi connectivity index (χ1v) is 9.40. The summed E-state index contributed by atoms with van der Waals surface area (Å²) < 4.78 is 33.1. The summed E-state index contributed by atoms with van der Waals surface area (Å²) in [6, 6.07) is 3.64. The van der Waals surface area contributed by atoms with Crippen molar-refractivity contribution in [2.45, 2.75) is 51.3 Å². The Balaban J connectivity index is 2.48. The van der Waals surface area contributed by atoms with E-state index in [-0.39, 0.29) is 5.92 Å². The molecule has 0 aromatic heterocycles. The van der Waals surface area contributed by atoms with E-state index < -0.39 is 10.0 Å². The van der Waals surface area contributed by atoms with E-state index in [0.29, 0.717) is 23.9 Å². The van der Waals surface area contributed by atoms with Crippen molar-refractivity contribution >= 4 is 10.0 Å². The second-order valence-electron chi connectivity index (χ2n) is 6.62. The minimum absolute atomic E-state index is 0.213. The molecule has 124 valence electrons. The number of sulfonamides is 1. The van der Waals surface area contributed by atoms with Gasteiger partial charge in [-0.15, -0.1) is 0 Å². The SMILES string of the molecule is COc1cc(C)c(S(=O)(=O)N2CCCC(C)C2)cc1C(C)C. The van der Waals surface area contributed by atoms with E-state index in [9.17, 15) is 8.42 Å². The topological polar surface area (TPSA) is 46.6 Å². The third kappa shape index (κ3) is 3.30. The molecule has 1 aliphatic heterocycles. The highest BCUT2D eigenvalue weighted by Crippen LogP contribution is 2.33. The number of nitrogens with zero attached hydrogens (tertiary/aromatic N) is 1. The lowest BCUT2D eigenvalue weighted by Crippen LogP contribution is -2.39. The van der Waals surface area contributed by atoms with Gasteiger partial charge in [0.1, 0.15) is 5.75 Å². The summed E-state index contributed by atoms with van der Waals surface area (Å²) in [4.78, 5) is 0.422. The molecule has 1 aromatic rings. The standard InChI is InChI=1S/C17H27NO3S/c1-12(2)15-10-17(14(4)9-16(15)21-5)22(19,20)18-8-6-7-13(3)11-18/h9-10,12-13H,6-8,11H2,1-5H3. The van der Waals surface area contributed by atoms with E-state index in [1.807, 2.05) is 26.8 Å². The van der Waals surface area contributed by atoms with Crippen LogP contribution in [0.2, 0.25) is 0 Å². The van der Waals surface area contributed by atoms with Crippen molar-refractivity contribution < 1.29 is 13.2 Å². The Kier molecular flexibility index (Phi) is 5.17. The molecule has 0 spiro atoms. The smallest absolute Gasteiger partial charge is 0.243 e. The van der Waals surface area contributed by atoms with Gasteiger partial charge in [-0.1, -0.05) is 20.8 Å². The maximum Gasteiger partial charge on any atom is 0.243 e. The predicted molar refractivity (Wildman–Crippen MR) is 89.0 cm³/mol. The minimum Gasteiger partial charge on any atom is -0.496 e. The molecule has 5 heteroatoms. The van der Waals surface area contributed by atoms with Gasteiger partial charge in [0, 0.05) is 13.1 Å². The molecule has 1 fully saturated rings. The Morgan fingerprint density at radius 2 is 2.00 bits per heavy atom. The number of piperidine rings is 1. The van der Waals surface area contributed by atoms with Gasteiger partial charge >= 0.3 is 0 Å². The molecule has 0 N–H and O–H groups in total. The number of rotatable bonds is 4. The molecule has 1 unspecified atom stereocenters. The summed E-state index contributed by atoms with van der Waals surface area (Å²) in [5.41, 5.74) is 1.69. The van der Waals surface area contributed by atoms with E-state index in [1.54, 1.807) is 17.5 Å². The highest BCUT2D eigenvalue weighted by Gasteiger charge is 2.30. The van der Waals surface area contributed by atoms with Crippen molar-refractivity contribution in [3.63, 3.8) is 0 Å². The molecule has 4 nitrogen and oxygen atoms in total. The fourth-order valence-electron chi connectivity index (χ4n) is 3.09. The maximum atomic E-state index is 13.0. The van der Waals surface area contributed by atoms with Crippen molar-refractivity contribution in [3.8, 4) is 5.75 Å². The molecular formula is C17H27NO3S. The Morgan fingerprint density at radius 1 is 1.32 bits per heavy atom. The van der Waals surface area contributed by atoms with Crippen molar-refractivity contribution in [1.82, 2.24) is 4.31 Å². The molecule has 0 saturated carbocycles. The van der Waals surface area contributed by atoms with Crippen molar-refractivity contribution in [1.29, 1.82) is 0 Å². The van der Waals surface area contributed by atoms with Crippen molar-refractivity contribution in [2.24, 2.45) is 5.92 Å². The van der Waals surface area contributed by atoms with Gasteiger partial charge in [-0.3, -0.25) is 0 Å². The van der Waals surface area contributed by atoms with Crippen LogP contribution >= 0.6 is 0 Å². The van der Waals surface area contributed by atoms with Gasteiger partial charge in [0.2, 0.25) is 10.0 Å². The molecule has 1 heterocycles. The zero-order valence-corrected chi connectivity index (χ0v) is 15.0. The molecular weight excluding hydrogens is 298 g/mol. The van der Waals surface area contributed by atoms with Crippen LogP contribution in [0.25, 0.3) is 0 Å². The zero-order chi connectivity index (χ0) is 16.5. The summed E-state index contributed by atoms with van der Waals surface area (Å²) in [7, 11) is -1.80. The maximum absolute atomic E-state index is 13.0. The average Bonchev–Trinajstić information content (AvgIpc) is 2.46. The third-order valence-corrected chi connectivity index (χ3v) is 6.39. The third-order valence-electron chi connectivity index (χ3n) is 4.39. The second kappa shape index (κ2) is 6.59. The normalized spacial score (nSPS) is 20.4. The van der Waals surface area contributed by atoms with Crippen LogP contribution in [0.4, 0.5) is 0 Å². The van der Waals surface area contributed by atoms with E-state index in [0.717, 1.165) is 29.7 Å². The molecule has 0 amide bonds. The Morgan fingerprint density at radius 3 is 2.55 bits per heavy atom. The quantitative estimate of drug-likeness (QED) is 0.850. The van der Waals surface area contributed by atoms with Gasteiger partial charge in [0.25, 0.3) is 0 Å². The zero-order valence-electron chi connectivity index (χ0n) is 14.2. The molecule has 0 radical (unpaired) electrons. The van der Waals surface area contributed by atoms with Crippen LogP contribution in [0.1, 0.15) is 50.7 Å².